The molecule has 24 heavy (non-hydrogen) atoms. The van der Waals surface area contributed by atoms with E-state index in [4.69, 9.17) is 0 Å². The lowest BCUT2D eigenvalue weighted by molar-refractivity contribution is 0.0623. The first-order valence-corrected chi connectivity index (χ1v) is 8.65. The molecule has 2 aromatic rings. The van der Waals surface area contributed by atoms with Crippen molar-refractivity contribution < 1.29 is 4.79 Å². The molecular weight excluding hydrogens is 300 g/mol. The van der Waals surface area contributed by atoms with Crippen molar-refractivity contribution in [3.63, 3.8) is 0 Å². The maximum absolute atomic E-state index is 12.9. The first-order valence-electron chi connectivity index (χ1n) is 8.65. The van der Waals surface area contributed by atoms with Gasteiger partial charge in [-0.1, -0.05) is 19.9 Å². The molecule has 2 N–H and O–H groups in total. The van der Waals surface area contributed by atoms with Gasteiger partial charge in [-0.15, -0.1) is 0 Å². The van der Waals surface area contributed by atoms with Gasteiger partial charge in [0.15, 0.2) is 0 Å². The number of nitrogens with one attached hydrogen (secondary N) is 2. The minimum Gasteiger partial charge on any atom is -0.379 e. The molecule has 5 heteroatoms. The summed E-state index contributed by atoms with van der Waals surface area (Å²) in [6, 6.07) is 7.86. The van der Waals surface area contributed by atoms with E-state index in [9.17, 15) is 4.79 Å². The average molecular weight is 326 g/mol. The predicted molar refractivity (Wildman–Crippen MR) is 95.9 cm³/mol. The second-order valence-electron chi connectivity index (χ2n) is 7.12. The fourth-order valence-corrected chi connectivity index (χ4v) is 3.53. The van der Waals surface area contributed by atoms with Crippen LogP contribution in [0.2, 0.25) is 0 Å². The van der Waals surface area contributed by atoms with Crippen molar-refractivity contribution in [2.45, 2.75) is 33.7 Å². The molecule has 1 aromatic carbocycles. The minimum absolute atomic E-state index is 0.137. The van der Waals surface area contributed by atoms with Gasteiger partial charge in [-0.05, 0) is 48.9 Å². The van der Waals surface area contributed by atoms with E-state index in [0.29, 0.717) is 18.4 Å². The number of piperidine rings is 1. The first-order chi connectivity index (χ1) is 11.5. The number of nitrogens with zero attached hydrogens (tertiary/aromatic N) is 2. The van der Waals surface area contributed by atoms with Gasteiger partial charge in [0.2, 0.25) is 0 Å². The molecule has 5 nitrogen and oxygen atoms in total. The predicted octanol–water partition coefficient (Wildman–Crippen LogP) is 3.45. The molecular formula is C19H26N4O. The number of aromatic nitrogens is 2. The number of carbonyl (C=O) groups excluding carboxylic acids is 1. The Morgan fingerprint density at radius 3 is 2.71 bits per heavy atom. The van der Waals surface area contributed by atoms with Gasteiger partial charge in [0.05, 0.1) is 12.2 Å². The summed E-state index contributed by atoms with van der Waals surface area (Å²) < 4.78 is 0. The van der Waals surface area contributed by atoms with Crippen LogP contribution in [0.15, 0.2) is 30.5 Å². The number of H-pyrrole nitrogens is 1. The van der Waals surface area contributed by atoms with Crippen LogP contribution >= 0.6 is 0 Å². The summed E-state index contributed by atoms with van der Waals surface area (Å²) in [6.45, 7) is 8.87. The smallest absolute Gasteiger partial charge is 0.253 e. The number of rotatable bonds is 4. The van der Waals surface area contributed by atoms with Crippen molar-refractivity contribution in [2.75, 3.05) is 18.4 Å². The molecule has 1 saturated heterocycles. The Labute approximate surface area is 143 Å². The lowest BCUT2D eigenvalue weighted by Crippen LogP contribution is -2.42. The molecule has 0 unspecified atom stereocenters. The van der Waals surface area contributed by atoms with Crippen LogP contribution in [0, 0.1) is 18.8 Å². The molecule has 0 aliphatic carbocycles. The number of benzene rings is 1. The number of amides is 1. The standard InChI is InChI=1S/C19H26N4O/c1-13-8-14(2)12-23(11-13)19(24)16-5-4-15(3)18(9-16)20-10-17-6-7-21-22-17/h4-7,9,13-14,20H,8,10-12H2,1-3H3,(H,21,22)/t13-,14-/m0/s1. The van der Waals surface area contributed by atoms with Crippen molar-refractivity contribution in [3.8, 4) is 0 Å². The molecule has 1 aliphatic rings. The van der Waals surface area contributed by atoms with E-state index >= 15 is 0 Å². The first kappa shape index (κ1) is 16.6. The van der Waals surface area contributed by atoms with Gasteiger partial charge in [-0.25, -0.2) is 0 Å². The van der Waals surface area contributed by atoms with Gasteiger partial charge in [-0.3, -0.25) is 9.89 Å². The summed E-state index contributed by atoms with van der Waals surface area (Å²) in [7, 11) is 0. The highest BCUT2D eigenvalue weighted by Gasteiger charge is 2.26. The van der Waals surface area contributed by atoms with Gasteiger partial charge in [0, 0.05) is 30.5 Å². The van der Waals surface area contributed by atoms with Gasteiger partial charge >= 0.3 is 0 Å². The van der Waals surface area contributed by atoms with E-state index in [0.717, 1.165) is 35.6 Å². The maximum atomic E-state index is 12.9. The lowest BCUT2D eigenvalue weighted by Gasteiger charge is -2.35. The van der Waals surface area contributed by atoms with Gasteiger partial charge in [0.1, 0.15) is 0 Å². The zero-order chi connectivity index (χ0) is 17.1. The molecule has 2 atom stereocenters. The summed E-state index contributed by atoms with van der Waals surface area (Å²) in [5.41, 5.74) is 3.90. The van der Waals surface area contributed by atoms with Crippen LogP contribution in [0.3, 0.4) is 0 Å². The number of hydrogen-bond acceptors (Lipinski definition) is 3. The molecule has 2 heterocycles. The molecule has 1 aliphatic heterocycles. The number of likely N-dealkylation sites (tertiary alicyclic amines) is 1. The van der Waals surface area contributed by atoms with E-state index in [1.165, 1.54) is 6.42 Å². The normalized spacial score (nSPS) is 20.9. The van der Waals surface area contributed by atoms with Crippen LogP contribution < -0.4 is 5.32 Å². The molecule has 1 fully saturated rings. The average Bonchev–Trinajstić information content (AvgIpc) is 3.06. The quantitative estimate of drug-likeness (QED) is 0.904. The van der Waals surface area contributed by atoms with Crippen LogP contribution in [-0.2, 0) is 6.54 Å². The minimum atomic E-state index is 0.137. The van der Waals surface area contributed by atoms with Crippen LogP contribution in [-0.4, -0.2) is 34.1 Å². The fourth-order valence-electron chi connectivity index (χ4n) is 3.53. The van der Waals surface area contributed by atoms with Crippen LogP contribution in [0.5, 0.6) is 0 Å². The molecule has 1 aromatic heterocycles. The largest absolute Gasteiger partial charge is 0.379 e. The summed E-state index contributed by atoms with van der Waals surface area (Å²) in [5.74, 6) is 1.28. The maximum Gasteiger partial charge on any atom is 0.253 e. The van der Waals surface area contributed by atoms with Crippen LogP contribution in [0.25, 0.3) is 0 Å². The summed E-state index contributed by atoms with van der Waals surface area (Å²) in [5, 5.41) is 10.3. The van der Waals surface area contributed by atoms with Crippen molar-refractivity contribution in [3.05, 3.63) is 47.3 Å². The molecule has 0 radical (unpaired) electrons. The number of aryl methyl sites for hydroxylation is 1. The second kappa shape index (κ2) is 7.07. The molecule has 0 spiro atoms. The Bertz CT molecular complexity index is 685. The number of anilines is 1. The van der Waals surface area contributed by atoms with E-state index in [-0.39, 0.29) is 5.91 Å². The number of carbonyl (C=O) groups is 1. The Morgan fingerprint density at radius 1 is 1.29 bits per heavy atom. The number of hydrogen-bond donors (Lipinski definition) is 2. The number of aromatic amines is 1. The summed E-state index contributed by atoms with van der Waals surface area (Å²) in [4.78, 5) is 14.9. The monoisotopic (exact) mass is 326 g/mol. The Balaban J connectivity index is 1.73. The Hall–Kier alpha value is -2.30. The van der Waals surface area contributed by atoms with Gasteiger partial charge in [-0.2, -0.15) is 5.10 Å². The van der Waals surface area contributed by atoms with Crippen molar-refractivity contribution in [2.24, 2.45) is 11.8 Å². The van der Waals surface area contributed by atoms with Crippen molar-refractivity contribution in [1.82, 2.24) is 15.1 Å². The third-order valence-corrected chi connectivity index (χ3v) is 4.67. The molecule has 0 bridgehead atoms. The summed E-state index contributed by atoms with van der Waals surface area (Å²) in [6.07, 6.45) is 2.94. The second-order valence-corrected chi connectivity index (χ2v) is 7.12. The van der Waals surface area contributed by atoms with Crippen molar-refractivity contribution >= 4 is 11.6 Å². The highest BCUT2D eigenvalue weighted by Crippen LogP contribution is 2.24. The Kier molecular flexibility index (Phi) is 4.88. The van der Waals surface area contributed by atoms with E-state index in [2.05, 4.69) is 36.3 Å². The lowest BCUT2D eigenvalue weighted by atomic mass is 9.91. The highest BCUT2D eigenvalue weighted by atomic mass is 16.2. The highest BCUT2D eigenvalue weighted by molar-refractivity contribution is 5.95. The molecule has 3 rings (SSSR count). The van der Waals surface area contributed by atoms with E-state index < -0.39 is 0 Å². The fraction of sp³-hybridized carbons (Fsp3) is 0.474. The SMILES string of the molecule is Cc1ccc(C(=O)N2C[C@@H](C)C[C@H](C)C2)cc1NCc1ccn[nH]1. The molecule has 128 valence electrons. The zero-order valence-electron chi connectivity index (χ0n) is 14.7. The topological polar surface area (TPSA) is 61.0 Å². The summed E-state index contributed by atoms with van der Waals surface area (Å²) >= 11 is 0. The third kappa shape index (κ3) is 3.78. The van der Waals surface area contributed by atoms with Crippen LogP contribution in [0.1, 0.15) is 41.9 Å². The molecule has 1 amide bonds. The Morgan fingerprint density at radius 2 is 2.04 bits per heavy atom. The van der Waals surface area contributed by atoms with E-state index in [1.807, 2.05) is 29.2 Å². The van der Waals surface area contributed by atoms with Crippen molar-refractivity contribution in [1.29, 1.82) is 0 Å². The van der Waals surface area contributed by atoms with Gasteiger partial charge < -0.3 is 10.2 Å². The van der Waals surface area contributed by atoms with Crippen LogP contribution in [0.4, 0.5) is 5.69 Å². The van der Waals surface area contributed by atoms with Gasteiger partial charge in [0.25, 0.3) is 5.91 Å². The van der Waals surface area contributed by atoms with E-state index in [1.54, 1.807) is 6.20 Å². The third-order valence-electron chi connectivity index (χ3n) is 4.67. The molecule has 0 saturated carbocycles. The zero-order valence-corrected chi connectivity index (χ0v) is 14.7.